The van der Waals surface area contributed by atoms with Gasteiger partial charge in [-0.2, -0.15) is 0 Å². The number of hydrogen-bond donors (Lipinski definition) is 7. The van der Waals surface area contributed by atoms with Gasteiger partial charge in [-0.1, -0.05) is 6.07 Å². The van der Waals surface area contributed by atoms with Crippen LogP contribution in [0, 0.1) is 0 Å². The summed E-state index contributed by atoms with van der Waals surface area (Å²) in [6.45, 7) is 1.44. The summed E-state index contributed by atoms with van der Waals surface area (Å²) >= 11 is 0. The molecular weight excluding hydrogens is 428 g/mol. The van der Waals surface area contributed by atoms with Gasteiger partial charge in [0.15, 0.2) is 30.0 Å². The molecule has 2 aromatic carbocycles. The fraction of sp³-hybridized carbons (Fsp3) is 0.381. The number of carbonyl (C=O) groups is 1. The summed E-state index contributed by atoms with van der Waals surface area (Å²) in [4.78, 5) is 13.3. The third-order valence-corrected chi connectivity index (χ3v) is 5.52. The van der Waals surface area contributed by atoms with Crippen LogP contribution in [0.3, 0.4) is 0 Å². The lowest BCUT2D eigenvalue weighted by molar-refractivity contribution is -0.304. The molecule has 11 nitrogen and oxygen atoms in total. The normalized spacial score (nSPS) is 32.2. The van der Waals surface area contributed by atoms with Crippen LogP contribution in [0.25, 0.3) is 0 Å². The monoisotopic (exact) mass is 450 g/mol. The molecule has 0 saturated carbocycles. The first-order valence-corrected chi connectivity index (χ1v) is 9.72. The molecule has 1 fully saturated rings. The molecule has 4 rings (SSSR count). The molecule has 0 spiro atoms. The van der Waals surface area contributed by atoms with E-state index in [9.17, 15) is 40.5 Å². The Morgan fingerprint density at radius 3 is 2.28 bits per heavy atom. The quantitative estimate of drug-likeness (QED) is 0.313. The van der Waals surface area contributed by atoms with E-state index in [-0.39, 0.29) is 22.6 Å². The first-order chi connectivity index (χ1) is 15.1. The van der Waals surface area contributed by atoms with Crippen molar-refractivity contribution in [3.63, 3.8) is 0 Å². The van der Waals surface area contributed by atoms with Gasteiger partial charge in [-0.15, -0.1) is 0 Å². The molecule has 11 heteroatoms. The molecule has 7 N–H and O–H groups in total. The summed E-state index contributed by atoms with van der Waals surface area (Å²) < 4.78 is 16.9. The van der Waals surface area contributed by atoms with Gasteiger partial charge in [0.1, 0.15) is 41.1 Å². The van der Waals surface area contributed by atoms with Crippen molar-refractivity contribution in [2.24, 2.45) is 0 Å². The van der Waals surface area contributed by atoms with Gasteiger partial charge >= 0.3 is 0 Å². The predicted octanol–water partition coefficient (Wildman–Crippen LogP) is 0.0381. The van der Waals surface area contributed by atoms with E-state index in [1.54, 1.807) is 0 Å². The van der Waals surface area contributed by atoms with Gasteiger partial charge in [-0.3, -0.25) is 4.79 Å². The van der Waals surface area contributed by atoms with E-state index in [2.05, 4.69) is 0 Å². The molecular formula is C21H22O11. The Balaban J connectivity index is 1.75. The highest BCUT2D eigenvalue weighted by Gasteiger charge is 2.48. The number of Topliss-reactive ketones (excluding diaryl/α,β-unsaturated/α-hetero) is 1. The van der Waals surface area contributed by atoms with Crippen LogP contribution in [-0.2, 0) is 9.47 Å². The summed E-state index contributed by atoms with van der Waals surface area (Å²) in [5.74, 6) is -2.79. The zero-order valence-electron chi connectivity index (χ0n) is 16.7. The molecule has 2 aromatic rings. The number of aliphatic hydroxyl groups is 3. The molecule has 172 valence electrons. The standard InChI is InChI=1S/C21H22O11/c1-7-15(26)17(28)18(29)21(30-7)32-20-16(27)14-12(25)5-9(22)6-13(14)31-19(20)8-2-3-10(23)11(24)4-8/h2-7,15,17-26,28-29H,1H3/t7?,15-,17?,18?,19?,20?,21-/m0/s1. The molecule has 7 atom stereocenters. The average molecular weight is 450 g/mol. The number of ether oxygens (including phenoxy) is 3. The first kappa shape index (κ1) is 22.1. The fourth-order valence-electron chi connectivity index (χ4n) is 3.77. The van der Waals surface area contributed by atoms with Gasteiger partial charge in [0, 0.05) is 12.1 Å². The van der Waals surface area contributed by atoms with Gasteiger partial charge in [-0.05, 0) is 24.6 Å². The first-order valence-electron chi connectivity index (χ1n) is 9.72. The van der Waals surface area contributed by atoms with Crippen LogP contribution >= 0.6 is 0 Å². The van der Waals surface area contributed by atoms with Crippen molar-refractivity contribution in [2.45, 2.75) is 49.8 Å². The van der Waals surface area contributed by atoms with Gasteiger partial charge in [0.2, 0.25) is 5.78 Å². The van der Waals surface area contributed by atoms with E-state index in [0.717, 1.165) is 18.2 Å². The van der Waals surface area contributed by atoms with Gasteiger partial charge in [0.05, 0.1) is 6.10 Å². The van der Waals surface area contributed by atoms with E-state index >= 15 is 0 Å². The lowest BCUT2D eigenvalue weighted by atomic mass is 9.92. The van der Waals surface area contributed by atoms with E-state index in [0.29, 0.717) is 0 Å². The van der Waals surface area contributed by atoms with Crippen molar-refractivity contribution in [1.29, 1.82) is 0 Å². The molecule has 0 amide bonds. The van der Waals surface area contributed by atoms with Crippen molar-refractivity contribution < 1.29 is 54.8 Å². The molecule has 32 heavy (non-hydrogen) atoms. The second kappa shape index (κ2) is 8.11. The number of fused-ring (bicyclic) bond motifs is 1. The minimum Gasteiger partial charge on any atom is -0.508 e. The Hall–Kier alpha value is -3.09. The Labute approximate surface area is 181 Å². The summed E-state index contributed by atoms with van der Waals surface area (Å²) in [6.07, 6.45) is -10.0. The summed E-state index contributed by atoms with van der Waals surface area (Å²) in [6, 6.07) is 5.72. The van der Waals surface area contributed by atoms with Crippen LogP contribution in [0.5, 0.6) is 28.7 Å². The highest BCUT2D eigenvalue weighted by Crippen LogP contribution is 2.44. The molecule has 2 aliphatic heterocycles. The van der Waals surface area contributed by atoms with Crippen LogP contribution in [0.15, 0.2) is 30.3 Å². The second-order valence-electron chi connectivity index (χ2n) is 7.73. The van der Waals surface area contributed by atoms with Crippen molar-refractivity contribution in [1.82, 2.24) is 0 Å². The van der Waals surface area contributed by atoms with Crippen LogP contribution in [0.4, 0.5) is 0 Å². The van der Waals surface area contributed by atoms with Crippen molar-refractivity contribution >= 4 is 5.78 Å². The second-order valence-corrected chi connectivity index (χ2v) is 7.73. The molecule has 0 radical (unpaired) electrons. The average Bonchev–Trinajstić information content (AvgIpc) is 2.73. The lowest BCUT2D eigenvalue weighted by Gasteiger charge is -2.42. The number of hydrogen-bond acceptors (Lipinski definition) is 11. The molecule has 0 bridgehead atoms. The number of rotatable bonds is 3. The van der Waals surface area contributed by atoms with E-state index in [1.165, 1.54) is 19.1 Å². The zero-order valence-corrected chi connectivity index (χ0v) is 16.7. The van der Waals surface area contributed by atoms with E-state index in [4.69, 9.17) is 14.2 Å². The van der Waals surface area contributed by atoms with Crippen molar-refractivity contribution in [2.75, 3.05) is 0 Å². The zero-order chi connectivity index (χ0) is 23.3. The van der Waals surface area contributed by atoms with E-state index < -0.39 is 65.9 Å². The van der Waals surface area contributed by atoms with Crippen molar-refractivity contribution in [3.8, 4) is 28.7 Å². The number of benzene rings is 2. The SMILES string of the molecule is CC1O[C@@H](OC2C(=O)c3c(O)cc(O)cc3OC2c2ccc(O)c(O)c2)C(O)C(O)[C@H]1O. The highest BCUT2D eigenvalue weighted by molar-refractivity contribution is 6.05. The van der Waals surface area contributed by atoms with Gasteiger partial charge in [-0.25, -0.2) is 0 Å². The topological polar surface area (TPSA) is 186 Å². The maximum Gasteiger partial charge on any atom is 0.203 e. The fourth-order valence-corrected chi connectivity index (χ4v) is 3.77. The largest absolute Gasteiger partial charge is 0.508 e. The molecule has 2 heterocycles. The molecule has 0 aromatic heterocycles. The maximum absolute atomic E-state index is 13.3. The lowest BCUT2D eigenvalue weighted by Crippen LogP contribution is -2.59. The Morgan fingerprint density at radius 2 is 1.59 bits per heavy atom. The van der Waals surface area contributed by atoms with Gasteiger partial charge < -0.3 is 50.0 Å². The van der Waals surface area contributed by atoms with Crippen molar-refractivity contribution in [3.05, 3.63) is 41.5 Å². The predicted molar refractivity (Wildman–Crippen MR) is 104 cm³/mol. The highest BCUT2D eigenvalue weighted by atomic mass is 16.7. The summed E-state index contributed by atoms with van der Waals surface area (Å²) in [5, 5.41) is 69.7. The number of ketones is 1. The minimum absolute atomic E-state index is 0.154. The van der Waals surface area contributed by atoms with Crippen LogP contribution in [-0.4, -0.2) is 78.3 Å². The third kappa shape index (κ3) is 3.70. The number of phenolic OH excluding ortho intramolecular Hbond substituents is 4. The number of aliphatic hydroxyl groups excluding tert-OH is 3. The van der Waals surface area contributed by atoms with E-state index in [1.807, 2.05) is 0 Å². The third-order valence-electron chi connectivity index (χ3n) is 5.52. The number of phenols is 4. The summed E-state index contributed by atoms with van der Waals surface area (Å²) in [5.41, 5.74) is -0.1000. The summed E-state index contributed by atoms with van der Waals surface area (Å²) in [7, 11) is 0. The van der Waals surface area contributed by atoms with Crippen LogP contribution in [0.1, 0.15) is 28.9 Å². The molecule has 5 unspecified atom stereocenters. The smallest absolute Gasteiger partial charge is 0.203 e. The molecule has 2 aliphatic rings. The van der Waals surface area contributed by atoms with Crippen LogP contribution < -0.4 is 4.74 Å². The number of aromatic hydroxyl groups is 4. The van der Waals surface area contributed by atoms with Gasteiger partial charge in [0.25, 0.3) is 0 Å². The molecule has 0 aliphatic carbocycles. The Kier molecular flexibility index (Phi) is 5.61. The maximum atomic E-state index is 13.3. The Bertz CT molecular complexity index is 1040. The van der Waals surface area contributed by atoms with Crippen LogP contribution in [0.2, 0.25) is 0 Å². The molecule has 1 saturated heterocycles. The Morgan fingerprint density at radius 1 is 0.875 bits per heavy atom. The number of carbonyl (C=O) groups excluding carboxylic acids is 1. The minimum atomic E-state index is -1.71.